The summed E-state index contributed by atoms with van der Waals surface area (Å²) >= 11 is 1.66. The summed E-state index contributed by atoms with van der Waals surface area (Å²) in [5.74, 6) is 0.947. The second kappa shape index (κ2) is 10.7. The Labute approximate surface area is 135 Å². The average Bonchev–Trinajstić information content (AvgIpc) is 2.44. The van der Waals surface area contributed by atoms with Gasteiger partial charge in [0.25, 0.3) is 0 Å². The lowest BCUT2D eigenvalue weighted by Gasteiger charge is -2.17. The molecule has 0 aliphatic rings. The third kappa shape index (κ3) is 8.14. The Morgan fingerprint density at radius 1 is 1.43 bits per heavy atom. The fourth-order valence-corrected chi connectivity index (χ4v) is 2.03. The van der Waals surface area contributed by atoms with Gasteiger partial charge in [-0.3, -0.25) is 4.79 Å². The quantitative estimate of drug-likeness (QED) is 0.764. The van der Waals surface area contributed by atoms with Gasteiger partial charge in [0.1, 0.15) is 17.7 Å². The average molecular weight is 337 g/mol. The Morgan fingerprint density at radius 3 is 2.62 bits per heavy atom. The van der Waals surface area contributed by atoms with Crippen molar-refractivity contribution in [3.8, 4) is 5.75 Å². The van der Waals surface area contributed by atoms with Crippen LogP contribution in [0.1, 0.15) is 13.3 Å². The molecule has 1 aromatic carbocycles. The van der Waals surface area contributed by atoms with Crippen molar-refractivity contribution < 1.29 is 13.9 Å². The molecule has 0 spiro atoms. The molecule has 0 saturated heterocycles. The molecule has 120 valence electrons. The van der Waals surface area contributed by atoms with E-state index in [0.29, 0.717) is 18.7 Å². The van der Waals surface area contributed by atoms with Crippen LogP contribution in [-0.4, -0.2) is 36.6 Å². The Kier molecular flexibility index (Phi) is 10.2. The van der Waals surface area contributed by atoms with Crippen molar-refractivity contribution >= 4 is 30.1 Å². The predicted molar refractivity (Wildman–Crippen MR) is 87.7 cm³/mol. The number of amides is 1. The van der Waals surface area contributed by atoms with E-state index < -0.39 is 6.04 Å². The second-order valence-corrected chi connectivity index (χ2v) is 5.50. The van der Waals surface area contributed by atoms with E-state index in [0.717, 1.165) is 5.75 Å². The molecule has 3 N–H and O–H groups in total. The molecular formula is C14H22ClFN2O2S. The van der Waals surface area contributed by atoms with Gasteiger partial charge in [0.2, 0.25) is 5.91 Å². The van der Waals surface area contributed by atoms with Gasteiger partial charge in [0.15, 0.2) is 0 Å². The van der Waals surface area contributed by atoms with E-state index in [2.05, 4.69) is 5.32 Å². The normalized spacial score (nSPS) is 13.0. The van der Waals surface area contributed by atoms with Crippen LogP contribution < -0.4 is 15.8 Å². The summed E-state index contributed by atoms with van der Waals surface area (Å²) in [6.45, 7) is 2.19. The predicted octanol–water partition coefficient (Wildman–Crippen LogP) is 2.21. The molecule has 0 aromatic heterocycles. The first-order valence-corrected chi connectivity index (χ1v) is 7.86. The highest BCUT2D eigenvalue weighted by atomic mass is 35.5. The minimum atomic E-state index is -0.486. The molecular weight excluding hydrogens is 315 g/mol. The zero-order valence-electron chi connectivity index (χ0n) is 12.2. The Bertz CT molecular complexity index is 420. The monoisotopic (exact) mass is 336 g/mol. The van der Waals surface area contributed by atoms with Crippen LogP contribution in [0.5, 0.6) is 5.75 Å². The molecule has 0 saturated carbocycles. The highest BCUT2D eigenvalue weighted by molar-refractivity contribution is 7.98. The molecule has 1 unspecified atom stereocenters. The zero-order valence-corrected chi connectivity index (χ0v) is 13.8. The molecule has 0 bridgehead atoms. The van der Waals surface area contributed by atoms with Crippen LogP contribution in [0.2, 0.25) is 0 Å². The Balaban J connectivity index is 0.00000400. The maximum atomic E-state index is 12.7. The molecule has 0 heterocycles. The largest absolute Gasteiger partial charge is 0.489 e. The van der Waals surface area contributed by atoms with Crippen molar-refractivity contribution in [1.82, 2.24) is 5.32 Å². The minimum absolute atomic E-state index is 0. The number of rotatable bonds is 8. The molecule has 0 aliphatic heterocycles. The molecule has 1 amide bonds. The molecule has 1 rings (SSSR count). The zero-order chi connectivity index (χ0) is 15.0. The molecule has 7 heteroatoms. The fraction of sp³-hybridized carbons (Fsp3) is 0.500. The van der Waals surface area contributed by atoms with E-state index in [4.69, 9.17) is 10.5 Å². The maximum Gasteiger partial charge on any atom is 0.237 e. The van der Waals surface area contributed by atoms with E-state index in [-0.39, 0.29) is 30.2 Å². The number of thioether (sulfide) groups is 1. The SMILES string of the molecule is CSCC[C@H](N)C(=O)NCC(C)Oc1ccc(F)cc1.Cl. The summed E-state index contributed by atoms with van der Waals surface area (Å²) in [4.78, 5) is 11.7. The lowest BCUT2D eigenvalue weighted by Crippen LogP contribution is -2.44. The summed E-state index contributed by atoms with van der Waals surface area (Å²) in [6.07, 6.45) is 2.42. The topological polar surface area (TPSA) is 64.4 Å². The van der Waals surface area contributed by atoms with Crippen LogP contribution in [0.3, 0.4) is 0 Å². The van der Waals surface area contributed by atoms with Crippen molar-refractivity contribution in [2.24, 2.45) is 5.73 Å². The van der Waals surface area contributed by atoms with Gasteiger partial charge in [0, 0.05) is 0 Å². The van der Waals surface area contributed by atoms with Gasteiger partial charge < -0.3 is 15.8 Å². The van der Waals surface area contributed by atoms with E-state index in [1.807, 2.05) is 13.2 Å². The number of hydrogen-bond donors (Lipinski definition) is 2. The number of benzene rings is 1. The van der Waals surface area contributed by atoms with Crippen LogP contribution in [0.25, 0.3) is 0 Å². The fourth-order valence-electron chi connectivity index (χ4n) is 1.54. The summed E-state index contributed by atoms with van der Waals surface area (Å²) in [5.41, 5.74) is 5.75. The van der Waals surface area contributed by atoms with Gasteiger partial charge in [-0.25, -0.2) is 4.39 Å². The van der Waals surface area contributed by atoms with Crippen molar-refractivity contribution in [3.63, 3.8) is 0 Å². The third-order valence-electron chi connectivity index (χ3n) is 2.68. The van der Waals surface area contributed by atoms with Crippen molar-refractivity contribution in [2.75, 3.05) is 18.6 Å². The maximum absolute atomic E-state index is 12.7. The van der Waals surface area contributed by atoms with Crippen LogP contribution in [0, 0.1) is 5.82 Å². The summed E-state index contributed by atoms with van der Waals surface area (Å²) in [6, 6.07) is 5.29. The number of nitrogens with two attached hydrogens (primary N) is 1. The van der Waals surface area contributed by atoms with Gasteiger partial charge >= 0.3 is 0 Å². The van der Waals surface area contributed by atoms with Crippen LogP contribution in [0.15, 0.2) is 24.3 Å². The van der Waals surface area contributed by atoms with Crippen LogP contribution in [0.4, 0.5) is 4.39 Å². The number of ether oxygens (including phenoxy) is 1. The van der Waals surface area contributed by atoms with E-state index >= 15 is 0 Å². The summed E-state index contributed by atoms with van der Waals surface area (Å²) < 4.78 is 18.3. The smallest absolute Gasteiger partial charge is 0.237 e. The standard InChI is InChI=1S/C14H21FN2O2S.ClH/c1-10(19-12-5-3-11(15)4-6-12)9-17-14(18)13(16)7-8-20-2;/h3-6,10,13H,7-9,16H2,1-2H3,(H,17,18);1H/t10?,13-;/m0./s1. The molecule has 0 radical (unpaired) electrons. The highest BCUT2D eigenvalue weighted by Crippen LogP contribution is 2.12. The van der Waals surface area contributed by atoms with Gasteiger partial charge in [-0.05, 0) is 49.6 Å². The van der Waals surface area contributed by atoms with E-state index in [9.17, 15) is 9.18 Å². The summed E-state index contributed by atoms with van der Waals surface area (Å²) in [7, 11) is 0. The minimum Gasteiger partial charge on any atom is -0.489 e. The number of halogens is 2. The molecule has 0 aliphatic carbocycles. The Morgan fingerprint density at radius 2 is 2.05 bits per heavy atom. The molecule has 4 nitrogen and oxygen atoms in total. The highest BCUT2D eigenvalue weighted by Gasteiger charge is 2.14. The molecule has 21 heavy (non-hydrogen) atoms. The second-order valence-electron chi connectivity index (χ2n) is 4.52. The first-order valence-electron chi connectivity index (χ1n) is 6.47. The van der Waals surface area contributed by atoms with Crippen LogP contribution in [-0.2, 0) is 4.79 Å². The molecule has 1 aromatic rings. The van der Waals surface area contributed by atoms with Gasteiger partial charge in [0.05, 0.1) is 12.6 Å². The number of nitrogens with one attached hydrogen (secondary N) is 1. The van der Waals surface area contributed by atoms with Crippen molar-refractivity contribution in [3.05, 3.63) is 30.1 Å². The molecule has 0 fully saturated rings. The van der Waals surface area contributed by atoms with Gasteiger partial charge in [-0.1, -0.05) is 0 Å². The lowest BCUT2D eigenvalue weighted by atomic mass is 10.2. The van der Waals surface area contributed by atoms with Gasteiger partial charge in [-0.2, -0.15) is 11.8 Å². The van der Waals surface area contributed by atoms with Crippen molar-refractivity contribution in [1.29, 1.82) is 0 Å². The number of hydrogen-bond acceptors (Lipinski definition) is 4. The first kappa shape index (κ1) is 20.0. The number of carbonyl (C=O) groups excluding carboxylic acids is 1. The van der Waals surface area contributed by atoms with E-state index in [1.165, 1.54) is 12.1 Å². The van der Waals surface area contributed by atoms with E-state index in [1.54, 1.807) is 23.9 Å². The summed E-state index contributed by atoms with van der Waals surface area (Å²) in [5, 5.41) is 2.75. The van der Waals surface area contributed by atoms with Gasteiger partial charge in [-0.15, -0.1) is 12.4 Å². The molecule has 2 atom stereocenters. The lowest BCUT2D eigenvalue weighted by molar-refractivity contribution is -0.122. The number of carbonyl (C=O) groups is 1. The Hall–Kier alpha value is -0.980. The van der Waals surface area contributed by atoms with Crippen molar-refractivity contribution in [2.45, 2.75) is 25.5 Å². The third-order valence-corrected chi connectivity index (χ3v) is 3.33. The first-order chi connectivity index (χ1) is 9.52. The van der Waals surface area contributed by atoms with Crippen LogP contribution >= 0.6 is 24.2 Å².